The Labute approximate surface area is 171 Å². The van der Waals surface area contributed by atoms with Gasteiger partial charge in [0.15, 0.2) is 5.13 Å². The predicted molar refractivity (Wildman–Crippen MR) is 113 cm³/mol. The number of rotatable bonds is 5. The quantitative estimate of drug-likeness (QED) is 0.686. The zero-order valence-electron chi connectivity index (χ0n) is 15.0. The van der Waals surface area contributed by atoms with Gasteiger partial charge in [-0.2, -0.15) is 0 Å². The van der Waals surface area contributed by atoms with Gasteiger partial charge in [-0.05, 0) is 24.3 Å². The highest BCUT2D eigenvalue weighted by Crippen LogP contribution is 2.34. The largest absolute Gasteiger partial charge is 0.310 e. The maximum absolute atomic E-state index is 12.6. The van der Waals surface area contributed by atoms with E-state index in [0.717, 1.165) is 27.6 Å². The standard InChI is InChI=1S/C20H18N4O2S2/c25-18(23-20-22-15(13-28-20)14-4-3-9-21-12-14)7-8-19(26)24-10-11-27-17-6-2-1-5-16(17)24/h1-6,9,12-13H,7-8,10-11H2,(H,22,23,25). The molecule has 0 saturated carbocycles. The van der Waals surface area contributed by atoms with E-state index in [1.165, 1.54) is 11.3 Å². The fourth-order valence-corrected chi connectivity index (χ4v) is 4.67. The first-order valence-electron chi connectivity index (χ1n) is 8.89. The number of nitrogens with zero attached hydrogens (tertiary/aromatic N) is 3. The van der Waals surface area contributed by atoms with Crippen molar-refractivity contribution in [1.82, 2.24) is 9.97 Å². The van der Waals surface area contributed by atoms with Gasteiger partial charge in [0.1, 0.15) is 0 Å². The zero-order chi connectivity index (χ0) is 19.3. The molecule has 2 aromatic heterocycles. The van der Waals surface area contributed by atoms with Crippen molar-refractivity contribution in [3.63, 3.8) is 0 Å². The minimum Gasteiger partial charge on any atom is -0.310 e. The second-order valence-corrected chi connectivity index (χ2v) is 8.18. The van der Waals surface area contributed by atoms with Crippen molar-refractivity contribution in [3.05, 3.63) is 54.2 Å². The van der Waals surface area contributed by atoms with E-state index in [-0.39, 0.29) is 24.7 Å². The van der Waals surface area contributed by atoms with Gasteiger partial charge in [-0.15, -0.1) is 23.1 Å². The molecule has 6 nitrogen and oxygen atoms in total. The number of thiazole rings is 1. The summed E-state index contributed by atoms with van der Waals surface area (Å²) < 4.78 is 0. The topological polar surface area (TPSA) is 75.2 Å². The lowest BCUT2D eigenvalue weighted by Crippen LogP contribution is -2.35. The number of fused-ring (bicyclic) bond motifs is 1. The number of aromatic nitrogens is 2. The fraction of sp³-hybridized carbons (Fsp3) is 0.200. The molecule has 1 N–H and O–H groups in total. The number of anilines is 2. The molecule has 8 heteroatoms. The molecule has 3 aromatic rings. The molecule has 4 rings (SSSR count). The highest BCUT2D eigenvalue weighted by atomic mass is 32.2. The van der Waals surface area contributed by atoms with Crippen molar-refractivity contribution in [2.24, 2.45) is 0 Å². The summed E-state index contributed by atoms with van der Waals surface area (Å²) in [6, 6.07) is 11.6. The lowest BCUT2D eigenvalue weighted by molar-refractivity contribution is -0.122. The molecule has 2 amide bonds. The molecule has 0 fully saturated rings. The van der Waals surface area contributed by atoms with Gasteiger partial charge < -0.3 is 10.2 Å². The molecular weight excluding hydrogens is 392 g/mol. The number of amides is 2. The third kappa shape index (κ3) is 4.23. The Morgan fingerprint density at radius 1 is 1.14 bits per heavy atom. The molecule has 28 heavy (non-hydrogen) atoms. The number of benzene rings is 1. The maximum atomic E-state index is 12.6. The fourth-order valence-electron chi connectivity index (χ4n) is 2.94. The number of para-hydroxylation sites is 1. The molecule has 0 bridgehead atoms. The number of carbonyl (C=O) groups is 2. The third-order valence-corrected chi connectivity index (χ3v) is 6.10. The summed E-state index contributed by atoms with van der Waals surface area (Å²) >= 11 is 3.11. The van der Waals surface area contributed by atoms with Crippen molar-refractivity contribution in [2.45, 2.75) is 17.7 Å². The molecule has 3 heterocycles. The van der Waals surface area contributed by atoms with Crippen molar-refractivity contribution in [1.29, 1.82) is 0 Å². The first-order valence-corrected chi connectivity index (χ1v) is 10.8. The van der Waals surface area contributed by atoms with E-state index in [1.807, 2.05) is 41.8 Å². The Bertz CT molecular complexity index is 991. The van der Waals surface area contributed by atoms with Crippen LogP contribution in [-0.4, -0.2) is 34.1 Å². The van der Waals surface area contributed by atoms with Crippen LogP contribution in [0.5, 0.6) is 0 Å². The molecule has 0 radical (unpaired) electrons. The van der Waals surface area contributed by atoms with E-state index in [2.05, 4.69) is 15.3 Å². The number of carbonyl (C=O) groups excluding carboxylic acids is 2. The number of pyridine rings is 1. The number of hydrogen-bond acceptors (Lipinski definition) is 6. The smallest absolute Gasteiger partial charge is 0.227 e. The Kier molecular flexibility index (Phi) is 5.68. The summed E-state index contributed by atoms with van der Waals surface area (Å²) in [5.41, 5.74) is 2.60. The van der Waals surface area contributed by atoms with Crippen LogP contribution < -0.4 is 10.2 Å². The highest BCUT2D eigenvalue weighted by molar-refractivity contribution is 7.99. The Morgan fingerprint density at radius 3 is 2.89 bits per heavy atom. The van der Waals surface area contributed by atoms with Crippen LogP contribution in [0.2, 0.25) is 0 Å². The Hall–Kier alpha value is -2.71. The lowest BCUT2D eigenvalue weighted by Gasteiger charge is -2.28. The summed E-state index contributed by atoms with van der Waals surface area (Å²) in [6.07, 6.45) is 3.74. The number of thioether (sulfide) groups is 1. The summed E-state index contributed by atoms with van der Waals surface area (Å²) in [4.78, 5) is 36.3. The van der Waals surface area contributed by atoms with Crippen molar-refractivity contribution >= 4 is 45.7 Å². The summed E-state index contributed by atoms with van der Waals surface area (Å²) in [5, 5.41) is 5.18. The molecule has 0 aliphatic carbocycles. The van der Waals surface area contributed by atoms with Gasteiger partial charge in [0, 0.05) is 53.4 Å². The van der Waals surface area contributed by atoms with Gasteiger partial charge >= 0.3 is 0 Å². The van der Waals surface area contributed by atoms with E-state index in [9.17, 15) is 9.59 Å². The molecular formula is C20H18N4O2S2. The average Bonchev–Trinajstić information content (AvgIpc) is 3.20. The molecule has 0 saturated heterocycles. The third-order valence-electron chi connectivity index (χ3n) is 4.30. The van der Waals surface area contributed by atoms with Gasteiger partial charge in [0.25, 0.3) is 0 Å². The van der Waals surface area contributed by atoms with Crippen molar-refractivity contribution in [2.75, 3.05) is 22.5 Å². The predicted octanol–water partition coefficient (Wildman–Crippen LogP) is 4.06. The molecule has 142 valence electrons. The van der Waals surface area contributed by atoms with E-state index >= 15 is 0 Å². The highest BCUT2D eigenvalue weighted by Gasteiger charge is 2.23. The van der Waals surface area contributed by atoms with E-state index in [1.54, 1.807) is 29.1 Å². The van der Waals surface area contributed by atoms with Crippen molar-refractivity contribution in [3.8, 4) is 11.3 Å². The SMILES string of the molecule is O=C(CCC(=O)N1CCSc2ccccc21)Nc1nc(-c2cccnc2)cs1. The minimum absolute atomic E-state index is 0.0295. The van der Waals surface area contributed by atoms with Crippen LogP contribution in [0.4, 0.5) is 10.8 Å². The molecule has 1 aliphatic rings. The molecule has 1 aromatic carbocycles. The number of nitrogens with one attached hydrogen (secondary N) is 1. The van der Waals surface area contributed by atoms with Crippen LogP contribution in [0, 0.1) is 0 Å². The second kappa shape index (κ2) is 8.53. The first kappa shape index (κ1) is 18.6. The summed E-state index contributed by atoms with van der Waals surface area (Å²) in [6.45, 7) is 0.670. The van der Waals surface area contributed by atoms with Gasteiger partial charge in [-0.3, -0.25) is 14.6 Å². The van der Waals surface area contributed by atoms with Gasteiger partial charge in [-0.1, -0.05) is 12.1 Å². The lowest BCUT2D eigenvalue weighted by atomic mass is 10.2. The summed E-state index contributed by atoms with van der Waals surface area (Å²) in [5.74, 6) is 0.628. The van der Waals surface area contributed by atoms with Crippen LogP contribution >= 0.6 is 23.1 Å². The minimum atomic E-state index is -0.208. The summed E-state index contributed by atoms with van der Waals surface area (Å²) in [7, 11) is 0. The zero-order valence-corrected chi connectivity index (χ0v) is 16.6. The maximum Gasteiger partial charge on any atom is 0.227 e. The van der Waals surface area contributed by atoms with Crippen LogP contribution in [-0.2, 0) is 9.59 Å². The van der Waals surface area contributed by atoms with Crippen LogP contribution in [0.1, 0.15) is 12.8 Å². The van der Waals surface area contributed by atoms with E-state index < -0.39 is 0 Å². The van der Waals surface area contributed by atoms with E-state index in [0.29, 0.717) is 11.7 Å². The monoisotopic (exact) mass is 410 g/mol. The van der Waals surface area contributed by atoms with Gasteiger partial charge in [0.05, 0.1) is 11.4 Å². The normalized spacial score (nSPS) is 13.1. The van der Waals surface area contributed by atoms with Crippen LogP contribution in [0.15, 0.2) is 59.1 Å². The van der Waals surface area contributed by atoms with Gasteiger partial charge in [-0.25, -0.2) is 4.98 Å². The molecule has 0 unspecified atom stereocenters. The van der Waals surface area contributed by atoms with Crippen molar-refractivity contribution < 1.29 is 9.59 Å². The molecule has 0 spiro atoms. The van der Waals surface area contributed by atoms with Crippen LogP contribution in [0.3, 0.4) is 0 Å². The number of hydrogen-bond donors (Lipinski definition) is 1. The van der Waals surface area contributed by atoms with Crippen LogP contribution in [0.25, 0.3) is 11.3 Å². The first-order chi connectivity index (χ1) is 13.7. The Balaban J connectivity index is 1.33. The van der Waals surface area contributed by atoms with Gasteiger partial charge in [0.2, 0.25) is 11.8 Å². The molecule has 0 atom stereocenters. The Morgan fingerprint density at radius 2 is 2.04 bits per heavy atom. The average molecular weight is 411 g/mol. The second-order valence-electron chi connectivity index (χ2n) is 6.19. The molecule has 1 aliphatic heterocycles. The van der Waals surface area contributed by atoms with E-state index in [4.69, 9.17) is 0 Å².